The van der Waals surface area contributed by atoms with Crippen molar-refractivity contribution in [3.8, 4) is 0 Å². The third-order valence-corrected chi connectivity index (χ3v) is 3.88. The average molecular weight is 367 g/mol. The second-order valence-electron chi connectivity index (χ2n) is 5.99. The number of rotatable bonds is 5. The number of hydrogen-bond donors (Lipinski definition) is 1. The lowest BCUT2D eigenvalue weighted by Crippen LogP contribution is -2.22. The molecule has 0 spiro atoms. The molecule has 0 saturated heterocycles. The summed E-state index contributed by atoms with van der Waals surface area (Å²) in [6, 6.07) is 8.16. The van der Waals surface area contributed by atoms with Crippen molar-refractivity contribution in [3.05, 3.63) is 52.8 Å². The topological polar surface area (TPSA) is 111 Å². The average Bonchev–Trinajstić information content (AvgIpc) is 3.00. The molecule has 0 unspecified atom stereocenters. The number of carbonyl (C=O) groups is 3. The van der Waals surface area contributed by atoms with Crippen molar-refractivity contribution >= 4 is 34.4 Å². The molecule has 0 aliphatic heterocycles. The summed E-state index contributed by atoms with van der Waals surface area (Å²) in [4.78, 5) is 40.3. The molecule has 8 heteroatoms. The largest absolute Gasteiger partial charge is 0.452 e. The molecule has 0 aliphatic carbocycles. The van der Waals surface area contributed by atoms with E-state index in [9.17, 15) is 14.4 Å². The molecule has 3 rings (SSSR count). The molecule has 0 fully saturated rings. The standard InChI is InChI=1S/C19H17N3O5/c1-10-8-14(17-11(2)22-27-18(17)20-10)19(25)26-9-16(24)21-15-7-5-4-6-13(15)12(3)23/h4-8H,9H2,1-3H3,(H,21,24). The highest BCUT2D eigenvalue weighted by Gasteiger charge is 2.20. The Morgan fingerprint density at radius 3 is 2.63 bits per heavy atom. The van der Waals surface area contributed by atoms with Gasteiger partial charge in [0.1, 0.15) is 0 Å². The first-order chi connectivity index (χ1) is 12.9. The highest BCUT2D eigenvalue weighted by molar-refractivity contribution is 6.06. The first-order valence-electron chi connectivity index (χ1n) is 8.17. The number of nitrogens with one attached hydrogen (secondary N) is 1. The van der Waals surface area contributed by atoms with Crippen LogP contribution in [0.25, 0.3) is 11.1 Å². The van der Waals surface area contributed by atoms with E-state index in [1.807, 2.05) is 0 Å². The van der Waals surface area contributed by atoms with E-state index in [1.165, 1.54) is 6.92 Å². The summed E-state index contributed by atoms with van der Waals surface area (Å²) in [6.45, 7) is 4.30. The Morgan fingerprint density at radius 1 is 1.15 bits per heavy atom. The van der Waals surface area contributed by atoms with E-state index in [1.54, 1.807) is 44.2 Å². The van der Waals surface area contributed by atoms with E-state index in [2.05, 4.69) is 15.5 Å². The van der Waals surface area contributed by atoms with Crippen LogP contribution >= 0.6 is 0 Å². The number of aryl methyl sites for hydroxylation is 2. The van der Waals surface area contributed by atoms with Crippen LogP contribution in [-0.2, 0) is 9.53 Å². The summed E-state index contributed by atoms with van der Waals surface area (Å²) in [7, 11) is 0. The molecule has 1 N–H and O–H groups in total. The Labute approximate surface area is 154 Å². The zero-order valence-corrected chi connectivity index (χ0v) is 15.0. The Morgan fingerprint density at radius 2 is 1.89 bits per heavy atom. The molecule has 0 saturated carbocycles. The smallest absolute Gasteiger partial charge is 0.339 e. The van der Waals surface area contributed by atoms with Gasteiger partial charge in [0, 0.05) is 11.3 Å². The number of hydrogen-bond acceptors (Lipinski definition) is 7. The predicted molar refractivity (Wildman–Crippen MR) is 96.6 cm³/mol. The van der Waals surface area contributed by atoms with Gasteiger partial charge in [-0.05, 0) is 39.0 Å². The van der Waals surface area contributed by atoms with E-state index in [4.69, 9.17) is 9.26 Å². The molecular formula is C19H17N3O5. The second-order valence-corrected chi connectivity index (χ2v) is 5.99. The molecule has 0 bridgehead atoms. The van der Waals surface area contributed by atoms with Crippen molar-refractivity contribution in [2.24, 2.45) is 0 Å². The normalized spacial score (nSPS) is 10.6. The van der Waals surface area contributed by atoms with Crippen molar-refractivity contribution in [1.29, 1.82) is 0 Å². The number of ether oxygens (including phenoxy) is 1. The summed E-state index contributed by atoms with van der Waals surface area (Å²) in [6.07, 6.45) is 0. The molecule has 0 aliphatic rings. The number of Topliss-reactive ketones (excluding diaryl/α,β-unsaturated/α-hetero) is 1. The number of esters is 1. The molecule has 0 radical (unpaired) electrons. The van der Waals surface area contributed by atoms with Gasteiger partial charge in [0.15, 0.2) is 12.4 Å². The van der Waals surface area contributed by atoms with Crippen LogP contribution in [0, 0.1) is 13.8 Å². The Bertz CT molecular complexity index is 1050. The van der Waals surface area contributed by atoms with Gasteiger partial charge >= 0.3 is 5.97 Å². The van der Waals surface area contributed by atoms with Crippen LogP contribution in [-0.4, -0.2) is 34.4 Å². The number of amides is 1. The maximum atomic E-state index is 12.4. The van der Waals surface area contributed by atoms with E-state index in [-0.39, 0.29) is 17.1 Å². The van der Waals surface area contributed by atoms with Crippen LogP contribution < -0.4 is 5.32 Å². The lowest BCUT2D eigenvalue weighted by Gasteiger charge is -2.10. The minimum Gasteiger partial charge on any atom is -0.452 e. The van der Waals surface area contributed by atoms with Gasteiger partial charge in [0.25, 0.3) is 11.6 Å². The Balaban J connectivity index is 1.72. The van der Waals surface area contributed by atoms with Crippen LogP contribution in [0.1, 0.15) is 39.0 Å². The van der Waals surface area contributed by atoms with Gasteiger partial charge in [-0.25, -0.2) is 9.78 Å². The molecular weight excluding hydrogens is 350 g/mol. The molecule has 3 aromatic rings. The molecule has 1 aromatic carbocycles. The second kappa shape index (κ2) is 7.36. The van der Waals surface area contributed by atoms with E-state index in [0.29, 0.717) is 28.0 Å². The fourth-order valence-electron chi connectivity index (χ4n) is 2.67. The molecule has 27 heavy (non-hydrogen) atoms. The zero-order valence-electron chi connectivity index (χ0n) is 15.0. The highest BCUT2D eigenvalue weighted by atomic mass is 16.5. The van der Waals surface area contributed by atoms with Gasteiger partial charge in [-0.1, -0.05) is 17.3 Å². The molecule has 0 atom stereocenters. The van der Waals surface area contributed by atoms with Crippen molar-refractivity contribution in [2.75, 3.05) is 11.9 Å². The number of nitrogens with zero attached hydrogens (tertiary/aromatic N) is 2. The van der Waals surface area contributed by atoms with Crippen LogP contribution in [0.3, 0.4) is 0 Å². The van der Waals surface area contributed by atoms with Crippen LogP contribution in [0.4, 0.5) is 5.69 Å². The van der Waals surface area contributed by atoms with Gasteiger partial charge in [0.2, 0.25) is 0 Å². The number of anilines is 1. The summed E-state index contributed by atoms with van der Waals surface area (Å²) in [5, 5.41) is 6.83. The van der Waals surface area contributed by atoms with E-state index >= 15 is 0 Å². The fraction of sp³-hybridized carbons (Fsp3) is 0.211. The first-order valence-corrected chi connectivity index (χ1v) is 8.17. The number of carbonyl (C=O) groups excluding carboxylic acids is 3. The molecule has 2 aromatic heterocycles. The van der Waals surface area contributed by atoms with E-state index < -0.39 is 18.5 Å². The lowest BCUT2D eigenvalue weighted by molar-refractivity contribution is -0.119. The Kier molecular flexibility index (Phi) is 4.98. The van der Waals surface area contributed by atoms with Gasteiger partial charge < -0.3 is 14.6 Å². The fourth-order valence-corrected chi connectivity index (χ4v) is 2.67. The first kappa shape index (κ1) is 18.2. The van der Waals surface area contributed by atoms with Crippen LogP contribution in [0.15, 0.2) is 34.9 Å². The van der Waals surface area contributed by atoms with Gasteiger partial charge in [0.05, 0.1) is 22.3 Å². The minimum absolute atomic E-state index is 0.180. The number of fused-ring (bicyclic) bond motifs is 1. The lowest BCUT2D eigenvalue weighted by atomic mass is 10.1. The van der Waals surface area contributed by atoms with Crippen molar-refractivity contribution < 1.29 is 23.6 Å². The number of benzene rings is 1. The minimum atomic E-state index is -0.688. The van der Waals surface area contributed by atoms with Crippen molar-refractivity contribution in [1.82, 2.24) is 10.1 Å². The number of aromatic nitrogens is 2. The molecule has 2 heterocycles. The number of ketones is 1. The third-order valence-electron chi connectivity index (χ3n) is 3.88. The van der Waals surface area contributed by atoms with Gasteiger partial charge in [-0.3, -0.25) is 9.59 Å². The maximum absolute atomic E-state index is 12.4. The van der Waals surface area contributed by atoms with Crippen molar-refractivity contribution in [2.45, 2.75) is 20.8 Å². The van der Waals surface area contributed by atoms with Gasteiger partial charge in [-0.2, -0.15) is 0 Å². The zero-order chi connectivity index (χ0) is 19.6. The molecule has 1 amide bonds. The summed E-state index contributed by atoms with van der Waals surface area (Å²) >= 11 is 0. The number of pyridine rings is 1. The predicted octanol–water partition coefficient (Wildman–Crippen LogP) is 2.84. The summed E-state index contributed by atoms with van der Waals surface area (Å²) < 4.78 is 10.2. The molecule has 138 valence electrons. The highest BCUT2D eigenvalue weighted by Crippen LogP contribution is 2.22. The summed E-state index contributed by atoms with van der Waals surface area (Å²) in [5.74, 6) is -1.42. The maximum Gasteiger partial charge on any atom is 0.339 e. The summed E-state index contributed by atoms with van der Waals surface area (Å²) in [5.41, 5.74) is 2.27. The molecule has 8 nitrogen and oxygen atoms in total. The quantitative estimate of drug-likeness (QED) is 0.545. The monoisotopic (exact) mass is 367 g/mol. The number of para-hydroxylation sites is 1. The van der Waals surface area contributed by atoms with Gasteiger partial charge in [-0.15, -0.1) is 0 Å². The van der Waals surface area contributed by atoms with E-state index in [0.717, 1.165) is 0 Å². The van der Waals surface area contributed by atoms with Crippen LogP contribution in [0.5, 0.6) is 0 Å². The van der Waals surface area contributed by atoms with Crippen molar-refractivity contribution in [3.63, 3.8) is 0 Å². The SMILES string of the molecule is CC(=O)c1ccccc1NC(=O)COC(=O)c1cc(C)nc2onc(C)c12. The van der Waals surface area contributed by atoms with Crippen LogP contribution in [0.2, 0.25) is 0 Å². The third kappa shape index (κ3) is 3.84. The Hall–Kier alpha value is -3.55.